The first-order chi connectivity index (χ1) is 11.0. The number of carbonyl (C=O) groups is 2. The summed E-state index contributed by atoms with van der Waals surface area (Å²) in [4.78, 5) is 24.0. The van der Waals surface area contributed by atoms with Gasteiger partial charge in [-0.3, -0.25) is 9.59 Å². The maximum atomic E-state index is 12.1. The summed E-state index contributed by atoms with van der Waals surface area (Å²) >= 11 is 5.88. The Morgan fingerprint density at radius 3 is 2.70 bits per heavy atom. The van der Waals surface area contributed by atoms with Crippen molar-refractivity contribution in [3.8, 4) is 6.07 Å². The number of furan rings is 1. The molecule has 0 spiro atoms. The molecule has 23 heavy (non-hydrogen) atoms. The highest BCUT2D eigenvalue weighted by Gasteiger charge is 2.21. The van der Waals surface area contributed by atoms with Crippen LogP contribution in [0.2, 0.25) is 5.02 Å². The van der Waals surface area contributed by atoms with Crippen molar-refractivity contribution in [2.24, 2.45) is 0 Å². The van der Waals surface area contributed by atoms with Crippen LogP contribution in [0.3, 0.4) is 0 Å². The molecular weight excluding hydrogens is 318 g/mol. The van der Waals surface area contributed by atoms with Gasteiger partial charge in [0.15, 0.2) is 0 Å². The normalized spacial score (nSPS) is 12.7. The summed E-state index contributed by atoms with van der Waals surface area (Å²) < 4.78 is 4.81. The number of nitrogens with one attached hydrogen (secondary N) is 2. The van der Waals surface area contributed by atoms with E-state index in [4.69, 9.17) is 16.0 Å². The van der Waals surface area contributed by atoms with E-state index in [1.54, 1.807) is 24.3 Å². The number of hydrogen-bond acceptors (Lipinski definition) is 4. The lowest BCUT2D eigenvalue weighted by Gasteiger charge is -2.17. The van der Waals surface area contributed by atoms with E-state index < -0.39 is 23.9 Å². The molecule has 7 heteroatoms. The number of nitrogens with zero attached hydrogens (tertiary/aromatic N) is 1. The molecule has 0 aliphatic rings. The van der Waals surface area contributed by atoms with E-state index in [-0.39, 0.29) is 0 Å². The van der Waals surface area contributed by atoms with Gasteiger partial charge in [-0.15, -0.1) is 0 Å². The Balaban J connectivity index is 1.99. The van der Waals surface area contributed by atoms with Crippen LogP contribution in [0, 0.1) is 11.3 Å². The van der Waals surface area contributed by atoms with Crippen molar-refractivity contribution < 1.29 is 14.0 Å². The standard InChI is InChI=1S/C16H14ClN3O3/c1-10(19-16(22)12-5-6-23-9-12)15(21)20-14(8-18)11-3-2-4-13(17)7-11/h2-7,9-10,14H,1H3,(H,19,22)(H,20,21)/t10-,14+/m1/s1. The Kier molecular flexibility index (Phi) is 5.39. The summed E-state index contributed by atoms with van der Waals surface area (Å²) in [7, 11) is 0. The minimum Gasteiger partial charge on any atom is -0.472 e. The lowest BCUT2D eigenvalue weighted by Crippen LogP contribution is -2.45. The zero-order valence-electron chi connectivity index (χ0n) is 12.2. The van der Waals surface area contributed by atoms with Gasteiger partial charge in [-0.05, 0) is 30.7 Å². The quantitative estimate of drug-likeness (QED) is 0.879. The second-order valence-electron chi connectivity index (χ2n) is 4.83. The number of amides is 2. The van der Waals surface area contributed by atoms with Crippen molar-refractivity contribution in [2.75, 3.05) is 0 Å². The Morgan fingerprint density at radius 1 is 1.30 bits per heavy atom. The van der Waals surface area contributed by atoms with E-state index in [0.717, 1.165) is 0 Å². The molecular formula is C16H14ClN3O3. The summed E-state index contributed by atoms with van der Waals surface area (Å²) in [5, 5.41) is 14.8. The van der Waals surface area contributed by atoms with E-state index >= 15 is 0 Å². The van der Waals surface area contributed by atoms with E-state index in [1.165, 1.54) is 25.5 Å². The highest BCUT2D eigenvalue weighted by Crippen LogP contribution is 2.17. The van der Waals surface area contributed by atoms with Gasteiger partial charge in [0, 0.05) is 5.02 Å². The lowest BCUT2D eigenvalue weighted by molar-refractivity contribution is -0.123. The van der Waals surface area contributed by atoms with Crippen LogP contribution in [-0.4, -0.2) is 17.9 Å². The molecule has 2 atom stereocenters. The maximum Gasteiger partial charge on any atom is 0.255 e. The molecule has 0 radical (unpaired) electrons. The Morgan fingerprint density at radius 2 is 2.09 bits per heavy atom. The average Bonchev–Trinajstić information content (AvgIpc) is 3.06. The number of rotatable bonds is 5. The van der Waals surface area contributed by atoms with Gasteiger partial charge in [0.25, 0.3) is 5.91 Å². The smallest absolute Gasteiger partial charge is 0.255 e. The zero-order chi connectivity index (χ0) is 16.8. The van der Waals surface area contributed by atoms with Gasteiger partial charge >= 0.3 is 0 Å². The molecule has 0 saturated carbocycles. The fourth-order valence-corrected chi connectivity index (χ4v) is 2.08. The van der Waals surface area contributed by atoms with Crippen LogP contribution in [-0.2, 0) is 4.79 Å². The van der Waals surface area contributed by atoms with Gasteiger partial charge in [0.05, 0.1) is 17.9 Å². The van der Waals surface area contributed by atoms with Crippen molar-refractivity contribution in [3.05, 3.63) is 59.0 Å². The summed E-state index contributed by atoms with van der Waals surface area (Å²) in [6.07, 6.45) is 2.65. The first kappa shape index (κ1) is 16.6. The van der Waals surface area contributed by atoms with Crippen molar-refractivity contribution in [3.63, 3.8) is 0 Å². The Bertz CT molecular complexity index is 737. The van der Waals surface area contributed by atoms with Gasteiger partial charge in [-0.1, -0.05) is 23.7 Å². The van der Waals surface area contributed by atoms with Crippen LogP contribution in [0.4, 0.5) is 0 Å². The molecule has 0 fully saturated rings. The number of hydrogen-bond donors (Lipinski definition) is 2. The summed E-state index contributed by atoms with van der Waals surface area (Å²) in [5.41, 5.74) is 0.887. The molecule has 0 aliphatic heterocycles. The molecule has 0 aliphatic carbocycles. The van der Waals surface area contributed by atoms with Crippen LogP contribution < -0.4 is 10.6 Å². The highest BCUT2D eigenvalue weighted by atomic mass is 35.5. The predicted octanol–water partition coefficient (Wildman–Crippen LogP) is 2.43. The summed E-state index contributed by atoms with van der Waals surface area (Å²) in [6.45, 7) is 1.53. The minimum atomic E-state index is -0.852. The van der Waals surface area contributed by atoms with Crippen LogP contribution >= 0.6 is 11.6 Å². The van der Waals surface area contributed by atoms with Crippen LogP contribution in [0.15, 0.2) is 47.3 Å². The molecule has 2 N–H and O–H groups in total. The van der Waals surface area contributed by atoms with E-state index in [1.807, 2.05) is 6.07 Å². The third-order valence-electron chi connectivity index (χ3n) is 3.12. The molecule has 2 rings (SSSR count). The van der Waals surface area contributed by atoms with Crippen molar-refractivity contribution in [2.45, 2.75) is 19.0 Å². The highest BCUT2D eigenvalue weighted by molar-refractivity contribution is 6.30. The fourth-order valence-electron chi connectivity index (χ4n) is 1.88. The second kappa shape index (κ2) is 7.47. The third-order valence-corrected chi connectivity index (χ3v) is 3.36. The molecule has 1 aromatic carbocycles. The predicted molar refractivity (Wildman–Crippen MR) is 83.6 cm³/mol. The van der Waals surface area contributed by atoms with Crippen molar-refractivity contribution in [1.29, 1.82) is 5.26 Å². The molecule has 0 bridgehead atoms. The molecule has 1 heterocycles. The second-order valence-corrected chi connectivity index (χ2v) is 5.27. The number of halogens is 1. The largest absolute Gasteiger partial charge is 0.472 e. The first-order valence-corrected chi connectivity index (χ1v) is 7.17. The fraction of sp³-hybridized carbons (Fsp3) is 0.188. The monoisotopic (exact) mass is 331 g/mol. The first-order valence-electron chi connectivity index (χ1n) is 6.80. The molecule has 118 valence electrons. The Hall–Kier alpha value is -2.78. The van der Waals surface area contributed by atoms with Crippen LogP contribution in [0.1, 0.15) is 28.9 Å². The van der Waals surface area contributed by atoms with Crippen LogP contribution in [0.5, 0.6) is 0 Å². The van der Waals surface area contributed by atoms with E-state index in [9.17, 15) is 14.9 Å². The SMILES string of the molecule is C[C@@H](NC(=O)c1ccoc1)C(=O)N[C@@H](C#N)c1cccc(Cl)c1. The number of nitriles is 1. The van der Waals surface area contributed by atoms with Crippen LogP contribution in [0.25, 0.3) is 0 Å². The topological polar surface area (TPSA) is 95.1 Å². The third kappa shape index (κ3) is 4.34. The van der Waals surface area contributed by atoms with Gasteiger partial charge in [0.1, 0.15) is 18.3 Å². The van der Waals surface area contributed by atoms with Crippen molar-refractivity contribution in [1.82, 2.24) is 10.6 Å². The Labute approximate surface area is 138 Å². The lowest BCUT2D eigenvalue weighted by atomic mass is 10.1. The molecule has 0 saturated heterocycles. The summed E-state index contributed by atoms with van der Waals surface area (Å²) in [5.74, 6) is -0.911. The molecule has 1 aromatic heterocycles. The van der Waals surface area contributed by atoms with Gasteiger partial charge in [0.2, 0.25) is 5.91 Å². The van der Waals surface area contributed by atoms with E-state index in [0.29, 0.717) is 16.1 Å². The van der Waals surface area contributed by atoms with Gasteiger partial charge in [-0.2, -0.15) is 5.26 Å². The van der Waals surface area contributed by atoms with Gasteiger partial charge < -0.3 is 15.1 Å². The molecule has 2 aromatic rings. The minimum absolute atomic E-state index is 0.316. The average molecular weight is 332 g/mol. The maximum absolute atomic E-state index is 12.1. The van der Waals surface area contributed by atoms with Crippen molar-refractivity contribution >= 4 is 23.4 Å². The molecule has 0 unspecified atom stereocenters. The number of carbonyl (C=O) groups excluding carboxylic acids is 2. The zero-order valence-corrected chi connectivity index (χ0v) is 13.0. The molecule has 6 nitrogen and oxygen atoms in total. The number of benzene rings is 1. The van der Waals surface area contributed by atoms with E-state index in [2.05, 4.69) is 10.6 Å². The molecule has 2 amide bonds. The van der Waals surface area contributed by atoms with Gasteiger partial charge in [-0.25, -0.2) is 0 Å². The summed E-state index contributed by atoms with van der Waals surface area (Å²) in [6, 6.07) is 8.48.